The molecule has 2 aromatic rings. The second-order valence-electron chi connectivity index (χ2n) is 7.85. The van der Waals surface area contributed by atoms with Crippen LogP contribution in [0.4, 0.5) is 0 Å². The Morgan fingerprint density at radius 1 is 1.03 bits per heavy atom. The fourth-order valence-corrected chi connectivity index (χ4v) is 4.13. The van der Waals surface area contributed by atoms with Crippen molar-refractivity contribution in [3.8, 4) is 0 Å². The van der Waals surface area contributed by atoms with Gasteiger partial charge >= 0.3 is 0 Å². The Bertz CT molecular complexity index is 857. The van der Waals surface area contributed by atoms with Gasteiger partial charge in [0.25, 0.3) is 0 Å². The summed E-state index contributed by atoms with van der Waals surface area (Å²) < 4.78 is 0. The summed E-state index contributed by atoms with van der Waals surface area (Å²) in [6, 6.07) is 15.0. The molecular weight excluding hydrogens is 416 g/mol. The summed E-state index contributed by atoms with van der Waals surface area (Å²) in [4.78, 5) is 27.4. The Hall–Kier alpha value is -1.98. The van der Waals surface area contributed by atoms with E-state index in [1.165, 1.54) is 11.1 Å². The number of carbonyl (C=O) groups excluding carboxylic acids is 2. The highest BCUT2D eigenvalue weighted by Gasteiger charge is 2.26. The number of benzene rings is 2. The van der Waals surface area contributed by atoms with Crippen molar-refractivity contribution in [2.45, 2.75) is 46.0 Å². The zero-order chi connectivity index (χ0) is 22.1. The molecular formula is C24H31ClN2O2S. The van der Waals surface area contributed by atoms with Gasteiger partial charge in [-0.05, 0) is 42.5 Å². The first kappa shape index (κ1) is 24.3. The molecule has 0 spiro atoms. The molecule has 2 aromatic carbocycles. The number of rotatable bonds is 10. The summed E-state index contributed by atoms with van der Waals surface area (Å²) in [6.45, 7) is 8.82. The van der Waals surface area contributed by atoms with Gasteiger partial charge in [-0.2, -0.15) is 0 Å². The Balaban J connectivity index is 2.08. The summed E-state index contributed by atoms with van der Waals surface area (Å²) in [5.41, 5.74) is 3.27. The monoisotopic (exact) mass is 446 g/mol. The Labute approximate surface area is 189 Å². The van der Waals surface area contributed by atoms with Crippen molar-refractivity contribution in [3.05, 3.63) is 70.2 Å². The van der Waals surface area contributed by atoms with Crippen LogP contribution in [0.3, 0.4) is 0 Å². The molecule has 0 bridgehead atoms. The smallest absolute Gasteiger partial charge is 0.242 e. The van der Waals surface area contributed by atoms with Gasteiger partial charge in [-0.25, -0.2) is 0 Å². The number of nitrogens with zero attached hydrogens (tertiary/aromatic N) is 1. The topological polar surface area (TPSA) is 49.4 Å². The van der Waals surface area contributed by atoms with E-state index in [4.69, 9.17) is 11.6 Å². The lowest BCUT2D eigenvalue weighted by Crippen LogP contribution is -2.48. The van der Waals surface area contributed by atoms with Crippen molar-refractivity contribution >= 4 is 35.2 Å². The molecule has 0 aliphatic rings. The highest BCUT2D eigenvalue weighted by Crippen LogP contribution is 2.21. The molecule has 0 fully saturated rings. The number of thioether (sulfide) groups is 1. The predicted octanol–water partition coefficient (Wildman–Crippen LogP) is 5.07. The summed E-state index contributed by atoms with van der Waals surface area (Å²) in [5.74, 6) is 1.19. The van der Waals surface area contributed by atoms with Crippen LogP contribution in [0.5, 0.6) is 0 Å². The second-order valence-corrected chi connectivity index (χ2v) is 9.24. The molecule has 30 heavy (non-hydrogen) atoms. The molecule has 1 N–H and O–H groups in total. The molecule has 0 aliphatic carbocycles. The molecule has 2 amide bonds. The van der Waals surface area contributed by atoms with E-state index in [1.807, 2.05) is 44.2 Å². The van der Waals surface area contributed by atoms with E-state index in [1.54, 1.807) is 29.7 Å². The number of aryl methyl sites for hydroxylation is 1. The second kappa shape index (κ2) is 12.0. The van der Waals surface area contributed by atoms with Gasteiger partial charge in [0.15, 0.2) is 0 Å². The van der Waals surface area contributed by atoms with Gasteiger partial charge in [-0.3, -0.25) is 9.59 Å². The molecule has 2 rings (SSSR count). The molecule has 0 saturated heterocycles. The van der Waals surface area contributed by atoms with Crippen molar-refractivity contribution in [2.75, 3.05) is 12.3 Å². The van der Waals surface area contributed by atoms with Crippen molar-refractivity contribution in [2.24, 2.45) is 5.92 Å². The molecule has 1 atom stereocenters. The van der Waals surface area contributed by atoms with Crippen molar-refractivity contribution in [3.63, 3.8) is 0 Å². The maximum Gasteiger partial charge on any atom is 0.242 e. The number of amides is 2. The largest absolute Gasteiger partial charge is 0.354 e. The number of halogens is 1. The maximum atomic E-state index is 13.1. The summed E-state index contributed by atoms with van der Waals surface area (Å²) in [7, 11) is 0. The number of nitrogens with one attached hydrogen (secondary N) is 1. The molecule has 0 radical (unpaired) electrons. The normalized spacial score (nSPS) is 11.9. The summed E-state index contributed by atoms with van der Waals surface area (Å²) >= 11 is 7.88. The van der Waals surface area contributed by atoms with Crippen molar-refractivity contribution < 1.29 is 9.59 Å². The minimum atomic E-state index is -0.577. The first-order chi connectivity index (χ1) is 14.3. The molecule has 0 heterocycles. The van der Waals surface area contributed by atoms with Gasteiger partial charge < -0.3 is 10.2 Å². The van der Waals surface area contributed by atoms with Crippen LogP contribution in [0.25, 0.3) is 0 Å². The fraction of sp³-hybridized carbons (Fsp3) is 0.417. The fourth-order valence-electron chi connectivity index (χ4n) is 2.95. The van der Waals surface area contributed by atoms with Gasteiger partial charge in [-0.1, -0.05) is 67.9 Å². The third-order valence-corrected chi connectivity index (χ3v) is 6.23. The van der Waals surface area contributed by atoms with E-state index in [-0.39, 0.29) is 11.8 Å². The van der Waals surface area contributed by atoms with Gasteiger partial charge in [0, 0.05) is 23.9 Å². The lowest BCUT2D eigenvalue weighted by atomic mass is 10.1. The lowest BCUT2D eigenvalue weighted by molar-refractivity contribution is -0.138. The van der Waals surface area contributed by atoms with Gasteiger partial charge in [0.2, 0.25) is 11.8 Å². The SMILES string of the molecule is Cc1ccccc1CSCC(=O)N(Cc1ccccc1Cl)C(C)C(=O)NCC(C)C. The first-order valence-corrected chi connectivity index (χ1v) is 11.8. The van der Waals surface area contributed by atoms with Crippen LogP contribution in [0, 0.1) is 12.8 Å². The average Bonchev–Trinajstić information content (AvgIpc) is 2.72. The number of carbonyl (C=O) groups is 2. The van der Waals surface area contributed by atoms with Crippen LogP contribution in [-0.2, 0) is 21.9 Å². The van der Waals surface area contributed by atoms with Crippen LogP contribution in [0.15, 0.2) is 48.5 Å². The molecule has 162 valence electrons. The Morgan fingerprint density at radius 3 is 2.30 bits per heavy atom. The molecule has 0 aliphatic heterocycles. The van der Waals surface area contributed by atoms with E-state index in [9.17, 15) is 9.59 Å². The first-order valence-electron chi connectivity index (χ1n) is 10.2. The van der Waals surface area contributed by atoms with Gasteiger partial charge in [-0.15, -0.1) is 11.8 Å². The van der Waals surface area contributed by atoms with E-state index in [0.717, 1.165) is 11.3 Å². The Morgan fingerprint density at radius 2 is 1.67 bits per heavy atom. The van der Waals surface area contributed by atoms with E-state index >= 15 is 0 Å². The zero-order valence-electron chi connectivity index (χ0n) is 18.2. The molecule has 0 saturated carbocycles. The predicted molar refractivity (Wildman–Crippen MR) is 127 cm³/mol. The Kier molecular flexibility index (Phi) is 9.73. The quantitative estimate of drug-likeness (QED) is 0.554. The van der Waals surface area contributed by atoms with Gasteiger partial charge in [0.05, 0.1) is 5.75 Å². The molecule has 6 heteroatoms. The van der Waals surface area contributed by atoms with Crippen molar-refractivity contribution in [1.82, 2.24) is 10.2 Å². The minimum absolute atomic E-state index is 0.0688. The number of hydrogen-bond donors (Lipinski definition) is 1. The third-order valence-electron chi connectivity index (χ3n) is 4.89. The zero-order valence-corrected chi connectivity index (χ0v) is 19.7. The molecule has 1 unspecified atom stereocenters. The van der Waals surface area contributed by atoms with Crippen LogP contribution in [-0.4, -0.2) is 35.1 Å². The minimum Gasteiger partial charge on any atom is -0.354 e. The van der Waals surface area contributed by atoms with Gasteiger partial charge in [0.1, 0.15) is 6.04 Å². The maximum absolute atomic E-state index is 13.1. The van der Waals surface area contributed by atoms with E-state index in [0.29, 0.717) is 29.8 Å². The highest BCUT2D eigenvalue weighted by atomic mass is 35.5. The molecule has 4 nitrogen and oxygen atoms in total. The van der Waals surface area contributed by atoms with Crippen LogP contribution in [0.1, 0.15) is 37.5 Å². The van der Waals surface area contributed by atoms with Crippen LogP contribution < -0.4 is 5.32 Å². The molecule has 0 aromatic heterocycles. The van der Waals surface area contributed by atoms with E-state index in [2.05, 4.69) is 24.4 Å². The average molecular weight is 447 g/mol. The third kappa shape index (κ3) is 7.37. The summed E-state index contributed by atoms with van der Waals surface area (Å²) in [6.07, 6.45) is 0. The summed E-state index contributed by atoms with van der Waals surface area (Å²) in [5, 5.41) is 3.53. The van der Waals surface area contributed by atoms with Crippen molar-refractivity contribution in [1.29, 1.82) is 0 Å². The van der Waals surface area contributed by atoms with E-state index < -0.39 is 6.04 Å². The highest BCUT2D eigenvalue weighted by molar-refractivity contribution is 7.99. The van der Waals surface area contributed by atoms with Crippen LogP contribution in [0.2, 0.25) is 5.02 Å². The lowest BCUT2D eigenvalue weighted by Gasteiger charge is -2.29. The number of hydrogen-bond acceptors (Lipinski definition) is 3. The van der Waals surface area contributed by atoms with Crippen LogP contribution >= 0.6 is 23.4 Å². The standard InChI is InChI=1S/C24H31ClN2O2S/c1-17(2)13-26-24(29)19(4)27(14-20-10-7-8-12-22(20)25)23(28)16-30-15-21-11-6-5-9-18(21)3/h5-12,17,19H,13-16H2,1-4H3,(H,26,29).